The summed E-state index contributed by atoms with van der Waals surface area (Å²) in [6.07, 6.45) is 1.58. The molecule has 0 aliphatic carbocycles. The number of aromatic amines is 1. The SMILES string of the molecule is CCOC(=O)c1c[nH]c2nc(Cl)ccc12. The molecule has 5 heteroatoms. The maximum atomic E-state index is 11.5. The van der Waals surface area contributed by atoms with Gasteiger partial charge in [-0.2, -0.15) is 0 Å². The molecular formula is C10H9ClN2O2. The van der Waals surface area contributed by atoms with Crippen molar-refractivity contribution < 1.29 is 9.53 Å². The Morgan fingerprint density at radius 3 is 3.13 bits per heavy atom. The summed E-state index contributed by atoms with van der Waals surface area (Å²) in [6.45, 7) is 2.12. The maximum absolute atomic E-state index is 11.5. The van der Waals surface area contributed by atoms with E-state index < -0.39 is 0 Å². The molecule has 0 fully saturated rings. The standard InChI is InChI=1S/C10H9ClN2O2/c1-2-15-10(14)7-5-12-9-6(7)3-4-8(11)13-9/h3-5H,2H2,1H3,(H,12,13). The summed E-state index contributed by atoms with van der Waals surface area (Å²) in [6, 6.07) is 3.38. The second kappa shape index (κ2) is 3.90. The van der Waals surface area contributed by atoms with Gasteiger partial charge in [0.15, 0.2) is 0 Å². The first-order chi connectivity index (χ1) is 7.22. The molecule has 0 bridgehead atoms. The predicted molar refractivity (Wildman–Crippen MR) is 57.1 cm³/mol. The number of fused-ring (bicyclic) bond motifs is 1. The fourth-order valence-corrected chi connectivity index (χ4v) is 1.51. The first kappa shape index (κ1) is 9.98. The van der Waals surface area contributed by atoms with Crippen molar-refractivity contribution in [1.29, 1.82) is 0 Å². The van der Waals surface area contributed by atoms with Crippen molar-refractivity contribution in [3.63, 3.8) is 0 Å². The Balaban J connectivity index is 2.49. The molecule has 0 spiro atoms. The van der Waals surface area contributed by atoms with Gasteiger partial charge in [-0.25, -0.2) is 9.78 Å². The van der Waals surface area contributed by atoms with Crippen LogP contribution in [0.1, 0.15) is 17.3 Å². The van der Waals surface area contributed by atoms with E-state index in [1.54, 1.807) is 25.3 Å². The van der Waals surface area contributed by atoms with Gasteiger partial charge in [-0.1, -0.05) is 11.6 Å². The first-order valence-electron chi connectivity index (χ1n) is 4.53. The summed E-state index contributed by atoms with van der Waals surface area (Å²) >= 11 is 5.72. The fraction of sp³-hybridized carbons (Fsp3) is 0.200. The van der Waals surface area contributed by atoms with E-state index in [-0.39, 0.29) is 5.97 Å². The van der Waals surface area contributed by atoms with Crippen molar-refractivity contribution in [2.24, 2.45) is 0 Å². The highest BCUT2D eigenvalue weighted by Crippen LogP contribution is 2.19. The highest BCUT2D eigenvalue weighted by Gasteiger charge is 2.13. The normalized spacial score (nSPS) is 10.5. The summed E-state index contributed by atoms with van der Waals surface area (Å²) in [7, 11) is 0. The van der Waals surface area contributed by atoms with Gasteiger partial charge in [0.1, 0.15) is 10.8 Å². The van der Waals surface area contributed by atoms with Crippen LogP contribution in [0, 0.1) is 0 Å². The number of esters is 1. The molecule has 0 aromatic carbocycles. The van der Waals surface area contributed by atoms with Crippen molar-refractivity contribution in [2.75, 3.05) is 6.61 Å². The van der Waals surface area contributed by atoms with E-state index >= 15 is 0 Å². The fourth-order valence-electron chi connectivity index (χ4n) is 1.36. The first-order valence-corrected chi connectivity index (χ1v) is 4.91. The molecule has 2 aromatic rings. The smallest absolute Gasteiger partial charge is 0.340 e. The number of nitrogens with one attached hydrogen (secondary N) is 1. The van der Waals surface area contributed by atoms with Crippen LogP contribution in [-0.2, 0) is 4.74 Å². The third-order valence-electron chi connectivity index (χ3n) is 2.00. The van der Waals surface area contributed by atoms with Gasteiger partial charge >= 0.3 is 5.97 Å². The molecule has 0 saturated heterocycles. The molecule has 2 aromatic heterocycles. The van der Waals surface area contributed by atoms with Gasteiger partial charge < -0.3 is 9.72 Å². The number of nitrogens with zero attached hydrogens (tertiary/aromatic N) is 1. The van der Waals surface area contributed by atoms with Crippen molar-refractivity contribution in [2.45, 2.75) is 6.92 Å². The van der Waals surface area contributed by atoms with Crippen LogP contribution < -0.4 is 0 Å². The van der Waals surface area contributed by atoms with Crippen LogP contribution in [0.5, 0.6) is 0 Å². The van der Waals surface area contributed by atoms with Gasteiger partial charge in [0.2, 0.25) is 0 Å². The average molecular weight is 225 g/mol. The van der Waals surface area contributed by atoms with E-state index in [0.29, 0.717) is 23.0 Å². The average Bonchev–Trinajstić information content (AvgIpc) is 2.60. The minimum absolute atomic E-state index is 0.354. The van der Waals surface area contributed by atoms with Crippen LogP contribution >= 0.6 is 11.6 Å². The topological polar surface area (TPSA) is 55.0 Å². The highest BCUT2D eigenvalue weighted by molar-refractivity contribution is 6.29. The lowest BCUT2D eigenvalue weighted by molar-refractivity contribution is 0.0529. The van der Waals surface area contributed by atoms with Crippen LogP contribution in [0.4, 0.5) is 0 Å². The molecule has 2 rings (SSSR count). The zero-order valence-electron chi connectivity index (χ0n) is 8.08. The predicted octanol–water partition coefficient (Wildman–Crippen LogP) is 2.39. The molecule has 4 nitrogen and oxygen atoms in total. The largest absolute Gasteiger partial charge is 0.462 e. The molecule has 78 valence electrons. The second-order valence-corrected chi connectivity index (χ2v) is 3.34. The maximum Gasteiger partial charge on any atom is 0.340 e. The minimum Gasteiger partial charge on any atom is -0.462 e. The number of H-pyrrole nitrogens is 1. The summed E-state index contributed by atoms with van der Waals surface area (Å²) in [5.41, 5.74) is 1.07. The van der Waals surface area contributed by atoms with E-state index in [1.807, 2.05) is 0 Å². The minimum atomic E-state index is -0.354. The summed E-state index contributed by atoms with van der Waals surface area (Å²) in [5, 5.41) is 1.11. The third-order valence-corrected chi connectivity index (χ3v) is 2.21. The Morgan fingerprint density at radius 1 is 1.60 bits per heavy atom. The summed E-state index contributed by atoms with van der Waals surface area (Å²) < 4.78 is 4.90. The number of aromatic nitrogens is 2. The molecule has 0 aliphatic rings. The molecule has 15 heavy (non-hydrogen) atoms. The molecule has 2 heterocycles. The lowest BCUT2D eigenvalue weighted by Gasteiger charge is -1.98. The van der Waals surface area contributed by atoms with Crippen LogP contribution in [0.15, 0.2) is 18.3 Å². The third kappa shape index (κ3) is 1.80. The zero-order chi connectivity index (χ0) is 10.8. The molecule has 0 saturated carbocycles. The van der Waals surface area contributed by atoms with Gasteiger partial charge in [-0.05, 0) is 19.1 Å². The van der Waals surface area contributed by atoms with E-state index in [9.17, 15) is 4.79 Å². The molecule has 1 N–H and O–H groups in total. The molecule has 0 radical (unpaired) electrons. The zero-order valence-corrected chi connectivity index (χ0v) is 8.84. The second-order valence-electron chi connectivity index (χ2n) is 2.95. The molecule has 0 atom stereocenters. The van der Waals surface area contributed by atoms with Gasteiger partial charge in [-0.3, -0.25) is 0 Å². The Kier molecular flexibility index (Phi) is 2.60. The number of hydrogen-bond acceptors (Lipinski definition) is 3. The quantitative estimate of drug-likeness (QED) is 0.630. The Bertz CT molecular complexity index is 507. The number of pyridine rings is 1. The number of rotatable bonds is 2. The molecular weight excluding hydrogens is 216 g/mol. The van der Waals surface area contributed by atoms with Crippen molar-refractivity contribution >= 4 is 28.6 Å². The number of ether oxygens (including phenoxy) is 1. The Morgan fingerprint density at radius 2 is 2.40 bits per heavy atom. The van der Waals surface area contributed by atoms with Crippen LogP contribution in [0.25, 0.3) is 11.0 Å². The number of hydrogen-bond donors (Lipinski definition) is 1. The van der Waals surface area contributed by atoms with E-state index in [2.05, 4.69) is 9.97 Å². The van der Waals surface area contributed by atoms with Gasteiger partial charge in [0, 0.05) is 11.6 Å². The molecule has 0 unspecified atom stereocenters. The van der Waals surface area contributed by atoms with E-state index in [0.717, 1.165) is 5.39 Å². The van der Waals surface area contributed by atoms with Crippen molar-refractivity contribution in [3.05, 3.63) is 29.0 Å². The van der Waals surface area contributed by atoms with Gasteiger partial charge in [0.25, 0.3) is 0 Å². The number of carbonyl (C=O) groups is 1. The number of halogens is 1. The number of carbonyl (C=O) groups excluding carboxylic acids is 1. The Hall–Kier alpha value is -1.55. The molecule has 0 amide bonds. The molecule has 0 aliphatic heterocycles. The van der Waals surface area contributed by atoms with Crippen LogP contribution in [0.3, 0.4) is 0 Å². The van der Waals surface area contributed by atoms with Gasteiger partial charge in [-0.15, -0.1) is 0 Å². The summed E-state index contributed by atoms with van der Waals surface area (Å²) in [4.78, 5) is 18.4. The Labute approximate surface area is 91.2 Å². The lowest BCUT2D eigenvalue weighted by atomic mass is 10.2. The van der Waals surface area contributed by atoms with Crippen molar-refractivity contribution in [3.8, 4) is 0 Å². The van der Waals surface area contributed by atoms with Gasteiger partial charge in [0.05, 0.1) is 12.2 Å². The lowest BCUT2D eigenvalue weighted by Crippen LogP contribution is -2.03. The summed E-state index contributed by atoms with van der Waals surface area (Å²) in [5.74, 6) is -0.354. The highest BCUT2D eigenvalue weighted by atomic mass is 35.5. The monoisotopic (exact) mass is 224 g/mol. The van der Waals surface area contributed by atoms with E-state index in [1.165, 1.54) is 0 Å². The van der Waals surface area contributed by atoms with Crippen LogP contribution in [-0.4, -0.2) is 22.5 Å². The van der Waals surface area contributed by atoms with Crippen LogP contribution in [0.2, 0.25) is 5.15 Å². The van der Waals surface area contributed by atoms with E-state index in [4.69, 9.17) is 16.3 Å². The van der Waals surface area contributed by atoms with Crippen molar-refractivity contribution in [1.82, 2.24) is 9.97 Å².